The van der Waals surface area contributed by atoms with Crippen LogP contribution < -0.4 is 5.32 Å². The van der Waals surface area contributed by atoms with Gasteiger partial charge in [-0.2, -0.15) is 0 Å². The molecule has 17 heavy (non-hydrogen) atoms. The summed E-state index contributed by atoms with van der Waals surface area (Å²) in [5.41, 5.74) is 0. The molecule has 0 aliphatic carbocycles. The van der Waals surface area contributed by atoms with Gasteiger partial charge in [-0.15, -0.1) is 0 Å². The second kappa shape index (κ2) is 4.63. The molecule has 0 aromatic carbocycles. The van der Waals surface area contributed by atoms with E-state index in [1.54, 1.807) is 0 Å². The summed E-state index contributed by atoms with van der Waals surface area (Å²) in [5, 5.41) is 22.5. The Morgan fingerprint density at radius 2 is 2.47 bits per heavy atom. The molecule has 1 saturated heterocycles. The van der Waals surface area contributed by atoms with Crippen molar-refractivity contribution in [3.05, 3.63) is 16.3 Å². The van der Waals surface area contributed by atoms with Crippen LogP contribution in [0.2, 0.25) is 0 Å². The third-order valence-corrected chi connectivity index (χ3v) is 3.26. The lowest BCUT2D eigenvalue weighted by molar-refractivity contribution is -0.380. The number of hydrogen-bond acceptors (Lipinski definition) is 7. The lowest BCUT2D eigenvalue weighted by atomic mass is 10.1. The largest absolute Gasteiger partial charge is 0.481 e. The Bertz CT molecular complexity index is 448. The van der Waals surface area contributed by atoms with Gasteiger partial charge in [0.05, 0.1) is 24.2 Å². The Morgan fingerprint density at radius 3 is 3.06 bits per heavy atom. The van der Waals surface area contributed by atoms with Crippen molar-refractivity contribution < 1.29 is 19.6 Å². The minimum atomic E-state index is -0.953. The number of carboxylic acid groups (broad SMARTS) is 1. The van der Waals surface area contributed by atoms with Gasteiger partial charge in [-0.05, 0) is 11.3 Å². The number of thiazole rings is 1. The quantitative estimate of drug-likeness (QED) is 0.599. The summed E-state index contributed by atoms with van der Waals surface area (Å²) in [6.45, 7) is 0.394. The number of nitrogens with zero attached hydrogens (tertiary/aromatic N) is 2. The molecule has 2 atom stereocenters. The third kappa shape index (κ3) is 2.50. The van der Waals surface area contributed by atoms with Crippen molar-refractivity contribution in [3.63, 3.8) is 0 Å². The average Bonchev–Trinajstić information content (AvgIpc) is 2.86. The number of anilines is 1. The molecule has 1 aromatic heterocycles. The molecule has 0 amide bonds. The van der Waals surface area contributed by atoms with Crippen LogP contribution in [-0.2, 0) is 9.53 Å². The fourth-order valence-electron chi connectivity index (χ4n) is 1.52. The highest BCUT2D eigenvalue weighted by molar-refractivity contribution is 7.18. The molecule has 8 nitrogen and oxygen atoms in total. The summed E-state index contributed by atoms with van der Waals surface area (Å²) in [7, 11) is 0. The molecule has 1 aromatic rings. The molecule has 0 spiro atoms. The Balaban J connectivity index is 2.04. The first kappa shape index (κ1) is 11.7. The van der Waals surface area contributed by atoms with Crippen molar-refractivity contribution in [2.45, 2.75) is 6.04 Å². The lowest BCUT2D eigenvalue weighted by Gasteiger charge is -2.13. The third-order valence-electron chi connectivity index (χ3n) is 2.38. The van der Waals surface area contributed by atoms with Crippen molar-refractivity contribution in [2.24, 2.45) is 5.92 Å². The minimum absolute atomic E-state index is 0.0849. The fourth-order valence-corrected chi connectivity index (χ4v) is 2.21. The molecular weight excluding hydrogens is 250 g/mol. The van der Waals surface area contributed by atoms with Crippen molar-refractivity contribution >= 4 is 27.4 Å². The van der Waals surface area contributed by atoms with Gasteiger partial charge >= 0.3 is 11.0 Å². The predicted octanol–water partition coefficient (Wildman–Crippen LogP) is 0.563. The molecule has 1 aliphatic heterocycles. The summed E-state index contributed by atoms with van der Waals surface area (Å²) >= 11 is 0.872. The Labute approximate surface area is 99.4 Å². The van der Waals surface area contributed by atoms with E-state index in [9.17, 15) is 14.9 Å². The number of aliphatic carboxylic acids is 1. The molecule has 1 aliphatic rings. The SMILES string of the molecule is O=C(O)C1COCC1Nc1ncc([N+](=O)[O-])s1. The number of carbonyl (C=O) groups is 1. The zero-order valence-electron chi connectivity index (χ0n) is 8.53. The van der Waals surface area contributed by atoms with E-state index >= 15 is 0 Å². The first-order valence-corrected chi connectivity index (χ1v) is 5.57. The number of nitro groups is 1. The monoisotopic (exact) mass is 259 g/mol. The van der Waals surface area contributed by atoms with E-state index < -0.39 is 22.9 Å². The molecule has 9 heteroatoms. The van der Waals surface area contributed by atoms with Crippen LogP contribution in [-0.4, -0.2) is 40.2 Å². The van der Waals surface area contributed by atoms with Crippen LogP contribution >= 0.6 is 11.3 Å². The maximum atomic E-state index is 10.9. The Kier molecular flexibility index (Phi) is 3.20. The van der Waals surface area contributed by atoms with E-state index in [1.807, 2.05) is 0 Å². The van der Waals surface area contributed by atoms with Gasteiger partial charge in [0.2, 0.25) is 0 Å². The summed E-state index contributed by atoms with van der Waals surface area (Å²) in [6, 6.07) is -0.404. The van der Waals surface area contributed by atoms with Gasteiger partial charge in [-0.25, -0.2) is 4.98 Å². The number of ether oxygens (including phenoxy) is 1. The molecule has 0 bridgehead atoms. The van der Waals surface area contributed by atoms with Crippen molar-refractivity contribution in [2.75, 3.05) is 18.5 Å². The zero-order chi connectivity index (χ0) is 12.4. The molecular formula is C8H9N3O5S. The van der Waals surface area contributed by atoms with Crippen LogP contribution in [0.4, 0.5) is 10.1 Å². The lowest BCUT2D eigenvalue weighted by Crippen LogP contribution is -2.33. The topological polar surface area (TPSA) is 115 Å². The Morgan fingerprint density at radius 1 is 1.71 bits per heavy atom. The van der Waals surface area contributed by atoms with E-state index in [0.717, 1.165) is 17.5 Å². The van der Waals surface area contributed by atoms with E-state index in [2.05, 4.69) is 10.3 Å². The molecule has 2 heterocycles. The molecule has 2 unspecified atom stereocenters. The highest BCUT2D eigenvalue weighted by Crippen LogP contribution is 2.27. The number of rotatable bonds is 4. The van der Waals surface area contributed by atoms with Crippen LogP contribution in [0.5, 0.6) is 0 Å². The van der Waals surface area contributed by atoms with Gasteiger partial charge in [0.25, 0.3) is 0 Å². The van der Waals surface area contributed by atoms with E-state index in [-0.39, 0.29) is 18.2 Å². The van der Waals surface area contributed by atoms with E-state index in [1.165, 1.54) is 0 Å². The number of nitrogens with one attached hydrogen (secondary N) is 1. The number of aromatic nitrogens is 1. The molecule has 2 N–H and O–H groups in total. The number of carboxylic acids is 1. The Hall–Kier alpha value is -1.74. The van der Waals surface area contributed by atoms with Gasteiger partial charge in [-0.3, -0.25) is 14.9 Å². The van der Waals surface area contributed by atoms with Crippen LogP contribution in [0.3, 0.4) is 0 Å². The molecule has 0 saturated carbocycles. The highest BCUT2D eigenvalue weighted by Gasteiger charge is 2.34. The van der Waals surface area contributed by atoms with Crippen molar-refractivity contribution in [3.8, 4) is 0 Å². The van der Waals surface area contributed by atoms with Gasteiger partial charge in [0, 0.05) is 0 Å². The van der Waals surface area contributed by atoms with Crippen LogP contribution in [0.25, 0.3) is 0 Å². The predicted molar refractivity (Wildman–Crippen MR) is 58.1 cm³/mol. The van der Waals surface area contributed by atoms with Gasteiger partial charge < -0.3 is 15.2 Å². The fraction of sp³-hybridized carbons (Fsp3) is 0.500. The van der Waals surface area contributed by atoms with Crippen LogP contribution in [0.1, 0.15) is 0 Å². The molecule has 1 fully saturated rings. The summed E-state index contributed by atoms with van der Waals surface area (Å²) in [6.07, 6.45) is 1.14. The maximum absolute atomic E-state index is 10.9. The smallest absolute Gasteiger partial charge is 0.345 e. The molecule has 0 radical (unpaired) electrons. The molecule has 2 rings (SSSR count). The van der Waals surface area contributed by atoms with Gasteiger partial charge in [0.1, 0.15) is 12.1 Å². The normalized spacial score (nSPS) is 23.5. The zero-order valence-corrected chi connectivity index (χ0v) is 9.35. The first-order chi connectivity index (χ1) is 8.08. The van der Waals surface area contributed by atoms with E-state index in [4.69, 9.17) is 9.84 Å². The second-order valence-electron chi connectivity index (χ2n) is 3.49. The minimum Gasteiger partial charge on any atom is -0.481 e. The second-order valence-corrected chi connectivity index (χ2v) is 4.50. The average molecular weight is 259 g/mol. The van der Waals surface area contributed by atoms with Crippen molar-refractivity contribution in [1.82, 2.24) is 4.98 Å². The number of hydrogen-bond donors (Lipinski definition) is 2. The van der Waals surface area contributed by atoms with Crippen LogP contribution in [0, 0.1) is 16.0 Å². The summed E-state index contributed by atoms with van der Waals surface area (Å²) < 4.78 is 5.06. The summed E-state index contributed by atoms with van der Waals surface area (Å²) in [5.74, 6) is -1.61. The highest BCUT2D eigenvalue weighted by atomic mass is 32.1. The molecule has 92 valence electrons. The standard InChI is InChI=1S/C8H9N3O5S/c12-7(13)4-2-16-3-5(4)10-8-9-1-6(17-8)11(14)15/h1,4-5H,2-3H2,(H,9,10)(H,12,13). The van der Waals surface area contributed by atoms with Gasteiger partial charge in [-0.1, -0.05) is 0 Å². The van der Waals surface area contributed by atoms with Gasteiger partial charge in [0.15, 0.2) is 5.13 Å². The maximum Gasteiger partial charge on any atom is 0.345 e. The van der Waals surface area contributed by atoms with E-state index in [0.29, 0.717) is 5.13 Å². The van der Waals surface area contributed by atoms with Crippen LogP contribution in [0.15, 0.2) is 6.20 Å². The summed E-state index contributed by atoms with van der Waals surface area (Å²) in [4.78, 5) is 24.6. The first-order valence-electron chi connectivity index (χ1n) is 4.75. The van der Waals surface area contributed by atoms with Crippen molar-refractivity contribution in [1.29, 1.82) is 0 Å².